The number of nitrogens with zero attached hydrogens (tertiary/aromatic N) is 4. The molecule has 2 unspecified atom stereocenters. The predicted molar refractivity (Wildman–Crippen MR) is 124 cm³/mol. The molecule has 5 rings (SSSR count). The van der Waals surface area contributed by atoms with Gasteiger partial charge in [0.1, 0.15) is 11.9 Å². The quantitative estimate of drug-likeness (QED) is 0.582. The van der Waals surface area contributed by atoms with Crippen molar-refractivity contribution in [2.24, 2.45) is 0 Å². The third-order valence-electron chi connectivity index (χ3n) is 7.21. The first-order chi connectivity index (χ1) is 15.8. The van der Waals surface area contributed by atoms with Gasteiger partial charge in [0.2, 0.25) is 0 Å². The number of carbonyl (C=O) groups is 1. The summed E-state index contributed by atoms with van der Waals surface area (Å²) in [5.74, 6) is 1.54. The smallest absolute Gasteiger partial charge is 0.253 e. The molecule has 1 saturated carbocycles. The van der Waals surface area contributed by atoms with Gasteiger partial charge in [-0.2, -0.15) is 0 Å². The minimum Gasteiger partial charge on any atom is -0.385 e. The largest absolute Gasteiger partial charge is 0.385 e. The summed E-state index contributed by atoms with van der Waals surface area (Å²) in [5, 5.41) is 3.31. The summed E-state index contributed by atoms with van der Waals surface area (Å²) in [6.07, 6.45) is 7.30. The van der Waals surface area contributed by atoms with Crippen LogP contribution >= 0.6 is 0 Å². The maximum absolute atomic E-state index is 13.4. The van der Waals surface area contributed by atoms with Gasteiger partial charge in [0.05, 0.1) is 6.61 Å². The second-order valence-corrected chi connectivity index (χ2v) is 9.54. The van der Waals surface area contributed by atoms with Crippen LogP contribution in [0.25, 0.3) is 0 Å². The molecule has 2 atom stereocenters. The second kappa shape index (κ2) is 9.93. The van der Waals surface area contributed by atoms with Gasteiger partial charge in [-0.25, -0.2) is 4.98 Å². The van der Waals surface area contributed by atoms with Crippen molar-refractivity contribution in [3.63, 3.8) is 0 Å². The Morgan fingerprint density at radius 1 is 1.34 bits per heavy atom. The highest BCUT2D eigenvalue weighted by atomic mass is 16.5. The highest BCUT2D eigenvalue weighted by Gasteiger charge is 2.41. The van der Waals surface area contributed by atoms with Crippen LogP contribution in [0.1, 0.15) is 43.6 Å². The number of hydrogen-bond donors (Lipinski definition) is 1. The van der Waals surface area contributed by atoms with Gasteiger partial charge in [-0.3, -0.25) is 4.79 Å². The monoisotopic (exact) mass is 443 g/mol. The minimum atomic E-state index is -0.352. The first-order valence-corrected chi connectivity index (χ1v) is 12.4. The molecule has 1 N–H and O–H groups in total. The molecule has 8 heteroatoms. The molecule has 1 aliphatic carbocycles. The van der Waals surface area contributed by atoms with Crippen molar-refractivity contribution < 1.29 is 14.3 Å². The number of nitrogens with one attached hydrogen (secondary N) is 1. The number of rotatable bonds is 9. The Hall–Kier alpha value is -1.90. The van der Waals surface area contributed by atoms with Gasteiger partial charge >= 0.3 is 0 Å². The van der Waals surface area contributed by atoms with Gasteiger partial charge in [-0.05, 0) is 38.2 Å². The van der Waals surface area contributed by atoms with E-state index in [-0.39, 0.29) is 17.9 Å². The first kappa shape index (κ1) is 21.9. The number of methoxy groups -OCH3 is 1. The normalized spacial score (nSPS) is 25.3. The Morgan fingerprint density at radius 2 is 2.19 bits per heavy atom. The highest BCUT2D eigenvalue weighted by Crippen LogP contribution is 2.43. The Morgan fingerprint density at radius 3 is 2.91 bits per heavy atom. The van der Waals surface area contributed by atoms with E-state index < -0.39 is 0 Å². The number of carbonyl (C=O) groups excluding carboxylic acids is 1. The van der Waals surface area contributed by atoms with Gasteiger partial charge in [-0.15, -0.1) is 0 Å². The molecular formula is C24H37N5O3. The molecule has 3 aliphatic heterocycles. The third-order valence-corrected chi connectivity index (χ3v) is 7.21. The van der Waals surface area contributed by atoms with Crippen molar-refractivity contribution in [1.29, 1.82) is 0 Å². The van der Waals surface area contributed by atoms with Gasteiger partial charge < -0.3 is 29.5 Å². The van der Waals surface area contributed by atoms with Crippen molar-refractivity contribution in [2.75, 3.05) is 75.9 Å². The van der Waals surface area contributed by atoms with E-state index >= 15 is 0 Å². The topological polar surface area (TPSA) is 70.2 Å². The predicted octanol–water partition coefficient (Wildman–Crippen LogP) is 1.60. The van der Waals surface area contributed by atoms with E-state index in [1.54, 1.807) is 7.11 Å². The summed E-state index contributed by atoms with van der Waals surface area (Å²) in [6.45, 7) is 7.62. The van der Waals surface area contributed by atoms with Crippen molar-refractivity contribution in [3.8, 4) is 0 Å². The molecule has 0 aromatic carbocycles. The van der Waals surface area contributed by atoms with E-state index in [1.807, 2.05) is 6.20 Å². The van der Waals surface area contributed by atoms with Crippen LogP contribution in [-0.4, -0.2) is 94.1 Å². The number of hydrogen-bond acceptors (Lipinski definition) is 7. The van der Waals surface area contributed by atoms with Crippen LogP contribution in [0.15, 0.2) is 12.3 Å². The van der Waals surface area contributed by atoms with Crippen LogP contribution in [0.2, 0.25) is 0 Å². The number of pyridine rings is 1. The summed E-state index contributed by atoms with van der Waals surface area (Å²) in [5.41, 5.74) is 2.67. The molecule has 8 nitrogen and oxygen atoms in total. The summed E-state index contributed by atoms with van der Waals surface area (Å²) in [6, 6.07) is 2.55. The zero-order valence-electron chi connectivity index (χ0n) is 19.3. The zero-order valence-corrected chi connectivity index (χ0v) is 19.3. The van der Waals surface area contributed by atoms with E-state index in [1.165, 1.54) is 24.1 Å². The van der Waals surface area contributed by atoms with E-state index in [0.29, 0.717) is 19.2 Å². The lowest BCUT2D eigenvalue weighted by Gasteiger charge is -2.32. The van der Waals surface area contributed by atoms with Gasteiger partial charge in [0.15, 0.2) is 0 Å². The average molecular weight is 444 g/mol. The fourth-order valence-electron chi connectivity index (χ4n) is 5.47. The number of aromatic nitrogens is 1. The number of fused-ring (bicyclic) bond motifs is 1. The number of morpholine rings is 1. The van der Waals surface area contributed by atoms with Crippen molar-refractivity contribution >= 4 is 17.4 Å². The fraction of sp³-hybridized carbons (Fsp3) is 0.750. The SMILES string of the molecule is COCCCN1CC(CN(C(=O)C2CNCCO2)C2CC2)c2c(N3CCCC3)ccnc21. The molecule has 4 aliphatic rings. The van der Waals surface area contributed by atoms with Crippen molar-refractivity contribution in [3.05, 3.63) is 17.8 Å². The Kier molecular flexibility index (Phi) is 6.80. The minimum absolute atomic E-state index is 0.158. The molecule has 176 valence electrons. The molecule has 4 heterocycles. The standard InChI is InChI=1S/C24H37N5O3/c1-31-13-4-12-28-16-18(22-20(7-8-26-23(22)28)27-10-2-3-11-27)17-29(19-5-6-19)24(30)21-15-25-9-14-32-21/h7-8,18-19,21,25H,2-6,9-17H2,1H3. The fourth-order valence-corrected chi connectivity index (χ4v) is 5.47. The van der Waals surface area contributed by atoms with E-state index in [4.69, 9.17) is 14.5 Å². The van der Waals surface area contributed by atoms with Crippen LogP contribution in [0.5, 0.6) is 0 Å². The van der Waals surface area contributed by atoms with E-state index in [9.17, 15) is 4.79 Å². The summed E-state index contributed by atoms with van der Waals surface area (Å²) in [4.78, 5) is 25.3. The molecule has 32 heavy (non-hydrogen) atoms. The summed E-state index contributed by atoms with van der Waals surface area (Å²) in [7, 11) is 1.76. The maximum Gasteiger partial charge on any atom is 0.253 e. The van der Waals surface area contributed by atoms with Crippen LogP contribution in [0.4, 0.5) is 11.5 Å². The first-order valence-electron chi connectivity index (χ1n) is 12.4. The lowest BCUT2D eigenvalue weighted by molar-refractivity contribution is -0.146. The number of anilines is 2. The van der Waals surface area contributed by atoms with Crippen molar-refractivity contribution in [2.45, 2.75) is 50.2 Å². The van der Waals surface area contributed by atoms with Gasteiger partial charge in [0.25, 0.3) is 5.91 Å². The number of ether oxygens (including phenoxy) is 2. The van der Waals surface area contributed by atoms with Crippen molar-refractivity contribution in [1.82, 2.24) is 15.2 Å². The molecular weight excluding hydrogens is 406 g/mol. The summed E-state index contributed by atoms with van der Waals surface area (Å²) < 4.78 is 11.1. The Bertz CT molecular complexity index is 790. The lowest BCUT2D eigenvalue weighted by Crippen LogP contribution is -2.51. The third kappa shape index (κ3) is 4.58. The van der Waals surface area contributed by atoms with Crippen LogP contribution in [0.3, 0.4) is 0 Å². The molecule has 3 fully saturated rings. The summed E-state index contributed by atoms with van der Waals surface area (Å²) >= 11 is 0. The van der Waals surface area contributed by atoms with E-state index in [2.05, 4.69) is 26.1 Å². The molecule has 0 radical (unpaired) electrons. The molecule has 1 amide bonds. The van der Waals surface area contributed by atoms with Gasteiger partial charge in [0, 0.05) is 88.9 Å². The zero-order chi connectivity index (χ0) is 21.9. The average Bonchev–Trinajstić information content (AvgIpc) is 3.40. The molecule has 0 bridgehead atoms. The Balaban J connectivity index is 1.40. The molecule has 0 spiro atoms. The highest BCUT2D eigenvalue weighted by molar-refractivity contribution is 5.82. The van der Waals surface area contributed by atoms with Gasteiger partial charge in [-0.1, -0.05) is 0 Å². The lowest BCUT2D eigenvalue weighted by atomic mass is 9.99. The molecule has 2 saturated heterocycles. The second-order valence-electron chi connectivity index (χ2n) is 9.54. The van der Waals surface area contributed by atoms with Crippen LogP contribution in [-0.2, 0) is 14.3 Å². The molecule has 1 aromatic heterocycles. The maximum atomic E-state index is 13.4. The Labute approximate surface area is 191 Å². The molecule has 1 aromatic rings. The number of amides is 1. The van der Waals surface area contributed by atoms with Crippen LogP contribution in [0, 0.1) is 0 Å². The van der Waals surface area contributed by atoms with E-state index in [0.717, 1.165) is 71.0 Å². The van der Waals surface area contributed by atoms with Crippen LogP contribution < -0.4 is 15.1 Å².